The first-order valence-corrected chi connectivity index (χ1v) is 11.9. The third kappa shape index (κ3) is 4.76. The van der Waals surface area contributed by atoms with Crippen LogP contribution in [-0.2, 0) is 24.8 Å². The maximum absolute atomic E-state index is 13.0. The van der Waals surface area contributed by atoms with Gasteiger partial charge in [-0.1, -0.05) is 23.2 Å². The van der Waals surface area contributed by atoms with Crippen LogP contribution >= 0.6 is 23.2 Å². The van der Waals surface area contributed by atoms with Crippen molar-refractivity contribution in [2.45, 2.75) is 9.79 Å². The molecule has 0 unspecified atom stereocenters. The summed E-state index contributed by atoms with van der Waals surface area (Å²) in [6, 6.07) is 6.43. The molecule has 29 heavy (non-hydrogen) atoms. The predicted octanol–water partition coefficient (Wildman–Crippen LogP) is 2.22. The molecule has 1 saturated heterocycles. The zero-order valence-corrected chi connectivity index (χ0v) is 18.3. The lowest BCUT2D eigenvalue weighted by Crippen LogP contribution is -2.40. The van der Waals surface area contributed by atoms with Gasteiger partial charge in [-0.25, -0.2) is 21.8 Å². The van der Waals surface area contributed by atoms with Crippen molar-refractivity contribution in [3.63, 3.8) is 0 Å². The molecule has 0 radical (unpaired) electrons. The number of hydrogen-bond donors (Lipinski definition) is 1. The van der Waals surface area contributed by atoms with E-state index in [2.05, 4.69) is 9.71 Å². The van der Waals surface area contributed by atoms with Crippen molar-refractivity contribution in [3.8, 4) is 5.75 Å². The molecule has 0 spiro atoms. The average Bonchev–Trinajstić information content (AvgIpc) is 2.68. The standard InChI is InChI=1S/C16H17Cl2N3O6S2/c1-26-12-3-2-11(10-14(12)29(24,25)21-6-8-27-9-7-21)20-28(22,23)13-4-5-15(17)19-16(13)18/h2-5,10,20H,6-9H2,1H3. The van der Waals surface area contributed by atoms with Gasteiger partial charge < -0.3 is 9.47 Å². The van der Waals surface area contributed by atoms with Crippen molar-refractivity contribution in [1.29, 1.82) is 0 Å². The summed E-state index contributed by atoms with van der Waals surface area (Å²) < 4.78 is 65.3. The van der Waals surface area contributed by atoms with Crippen molar-refractivity contribution in [3.05, 3.63) is 40.6 Å². The summed E-state index contributed by atoms with van der Waals surface area (Å²) in [4.78, 5) is 3.25. The quantitative estimate of drug-likeness (QED) is 0.628. The summed E-state index contributed by atoms with van der Waals surface area (Å²) >= 11 is 11.6. The van der Waals surface area contributed by atoms with E-state index in [0.717, 1.165) is 0 Å². The van der Waals surface area contributed by atoms with Gasteiger partial charge in [-0.3, -0.25) is 4.72 Å². The molecule has 13 heteroatoms. The van der Waals surface area contributed by atoms with E-state index in [4.69, 9.17) is 32.7 Å². The van der Waals surface area contributed by atoms with E-state index < -0.39 is 20.0 Å². The Labute approximate surface area is 178 Å². The maximum atomic E-state index is 13.0. The first kappa shape index (κ1) is 22.1. The molecule has 158 valence electrons. The van der Waals surface area contributed by atoms with Gasteiger partial charge in [-0.15, -0.1) is 0 Å². The van der Waals surface area contributed by atoms with Gasteiger partial charge in [0.2, 0.25) is 10.0 Å². The summed E-state index contributed by atoms with van der Waals surface area (Å²) in [5.74, 6) is 0.0885. The summed E-state index contributed by atoms with van der Waals surface area (Å²) in [5.41, 5.74) is 0.0173. The summed E-state index contributed by atoms with van der Waals surface area (Å²) in [6.07, 6.45) is 0. The summed E-state index contributed by atoms with van der Waals surface area (Å²) in [6.45, 7) is 0.923. The van der Waals surface area contributed by atoms with Gasteiger partial charge in [0.25, 0.3) is 10.0 Å². The number of morpholine rings is 1. The molecule has 1 aliphatic heterocycles. The molecule has 0 aliphatic carbocycles. The molecule has 0 atom stereocenters. The van der Waals surface area contributed by atoms with Crippen LogP contribution < -0.4 is 9.46 Å². The molecular formula is C16H17Cl2N3O6S2. The number of pyridine rings is 1. The second kappa shape index (κ2) is 8.62. The smallest absolute Gasteiger partial charge is 0.264 e. The van der Waals surface area contributed by atoms with Crippen molar-refractivity contribution in [1.82, 2.24) is 9.29 Å². The number of nitrogens with one attached hydrogen (secondary N) is 1. The van der Waals surface area contributed by atoms with E-state index in [9.17, 15) is 16.8 Å². The molecule has 1 aliphatic rings. The lowest BCUT2D eigenvalue weighted by atomic mass is 10.3. The number of rotatable bonds is 6. The number of anilines is 1. The molecule has 0 amide bonds. The largest absolute Gasteiger partial charge is 0.495 e. The average molecular weight is 482 g/mol. The van der Waals surface area contributed by atoms with E-state index in [-0.39, 0.29) is 57.8 Å². The highest BCUT2D eigenvalue weighted by Gasteiger charge is 2.30. The fraction of sp³-hybridized carbons (Fsp3) is 0.312. The minimum Gasteiger partial charge on any atom is -0.495 e. The Hall–Kier alpha value is -1.63. The third-order valence-corrected chi connectivity index (χ3v) is 8.02. The molecule has 1 fully saturated rings. The molecule has 1 aromatic heterocycles. The molecule has 1 aromatic carbocycles. The molecule has 2 heterocycles. The van der Waals surface area contributed by atoms with Crippen molar-refractivity contribution in [2.75, 3.05) is 38.1 Å². The number of benzene rings is 1. The number of sulfonamides is 2. The van der Waals surface area contributed by atoms with Crippen LogP contribution in [0.3, 0.4) is 0 Å². The normalized spacial score (nSPS) is 15.8. The van der Waals surface area contributed by atoms with Crippen LogP contribution in [0.15, 0.2) is 40.1 Å². The molecule has 1 N–H and O–H groups in total. The monoisotopic (exact) mass is 481 g/mol. The molecule has 2 aromatic rings. The number of ether oxygens (including phenoxy) is 2. The lowest BCUT2D eigenvalue weighted by molar-refractivity contribution is 0.0729. The van der Waals surface area contributed by atoms with E-state index in [0.29, 0.717) is 0 Å². The number of nitrogens with zero attached hydrogens (tertiary/aromatic N) is 2. The lowest BCUT2D eigenvalue weighted by Gasteiger charge is -2.26. The number of halogens is 2. The summed E-state index contributed by atoms with van der Waals surface area (Å²) in [5, 5.41) is -0.267. The Kier molecular flexibility index (Phi) is 6.56. The molecule has 9 nitrogen and oxygen atoms in total. The predicted molar refractivity (Wildman–Crippen MR) is 108 cm³/mol. The van der Waals surface area contributed by atoms with Crippen LogP contribution in [0.4, 0.5) is 5.69 Å². The van der Waals surface area contributed by atoms with Crippen LogP contribution in [0, 0.1) is 0 Å². The Morgan fingerprint density at radius 2 is 1.76 bits per heavy atom. The van der Waals surface area contributed by atoms with Gasteiger partial charge in [0, 0.05) is 13.1 Å². The first-order chi connectivity index (χ1) is 13.6. The van der Waals surface area contributed by atoms with Crippen molar-refractivity contribution in [2.24, 2.45) is 0 Å². The number of hydrogen-bond acceptors (Lipinski definition) is 7. The SMILES string of the molecule is COc1ccc(NS(=O)(=O)c2ccc(Cl)nc2Cl)cc1S(=O)(=O)N1CCOCC1. The Balaban J connectivity index is 1.98. The second-order valence-electron chi connectivity index (χ2n) is 5.91. The third-order valence-electron chi connectivity index (χ3n) is 4.07. The highest BCUT2D eigenvalue weighted by atomic mass is 35.5. The van der Waals surface area contributed by atoms with Crippen LogP contribution in [0.2, 0.25) is 10.3 Å². The zero-order valence-electron chi connectivity index (χ0n) is 15.1. The fourth-order valence-electron chi connectivity index (χ4n) is 2.68. The van der Waals surface area contributed by atoms with Gasteiger partial charge in [0.15, 0.2) is 5.15 Å². The molecule has 0 saturated carbocycles. The Morgan fingerprint density at radius 1 is 1.07 bits per heavy atom. The van der Waals surface area contributed by atoms with E-state index in [1.54, 1.807) is 0 Å². The van der Waals surface area contributed by atoms with Gasteiger partial charge in [-0.05, 0) is 30.3 Å². The minimum atomic E-state index is -4.14. The van der Waals surface area contributed by atoms with Crippen molar-refractivity contribution < 1.29 is 26.3 Å². The first-order valence-electron chi connectivity index (χ1n) is 8.26. The maximum Gasteiger partial charge on any atom is 0.264 e. The van der Waals surface area contributed by atoms with Crippen LogP contribution in [0.25, 0.3) is 0 Å². The minimum absolute atomic E-state index is 0.0173. The van der Waals surface area contributed by atoms with Gasteiger partial charge in [-0.2, -0.15) is 4.31 Å². The fourth-order valence-corrected chi connectivity index (χ4v) is 5.98. The molecule has 0 bridgehead atoms. The molecular weight excluding hydrogens is 465 g/mol. The van der Waals surface area contributed by atoms with E-state index >= 15 is 0 Å². The zero-order chi connectivity index (χ0) is 21.2. The highest BCUT2D eigenvalue weighted by molar-refractivity contribution is 7.92. The van der Waals surface area contributed by atoms with Gasteiger partial charge >= 0.3 is 0 Å². The second-order valence-corrected chi connectivity index (χ2v) is 10.2. The number of methoxy groups -OCH3 is 1. The van der Waals surface area contributed by atoms with Crippen LogP contribution in [-0.4, -0.2) is 59.5 Å². The van der Waals surface area contributed by atoms with Gasteiger partial charge in [0.1, 0.15) is 20.7 Å². The van der Waals surface area contributed by atoms with E-state index in [1.165, 1.54) is 41.7 Å². The molecule has 3 rings (SSSR count). The Bertz CT molecular complexity index is 1120. The van der Waals surface area contributed by atoms with Crippen molar-refractivity contribution >= 4 is 48.9 Å². The summed E-state index contributed by atoms with van der Waals surface area (Å²) in [7, 11) is -6.73. The van der Waals surface area contributed by atoms with Gasteiger partial charge in [0.05, 0.1) is 26.0 Å². The van der Waals surface area contributed by atoms with Crippen LogP contribution in [0.5, 0.6) is 5.75 Å². The topological polar surface area (TPSA) is 115 Å². The van der Waals surface area contributed by atoms with Crippen LogP contribution in [0.1, 0.15) is 0 Å². The Morgan fingerprint density at radius 3 is 2.38 bits per heavy atom. The highest BCUT2D eigenvalue weighted by Crippen LogP contribution is 2.31. The number of aromatic nitrogens is 1. The van der Waals surface area contributed by atoms with E-state index in [1.807, 2.05) is 0 Å².